The summed E-state index contributed by atoms with van der Waals surface area (Å²) in [5, 5.41) is 2.56. The Kier molecular flexibility index (Phi) is 9.47. The fraction of sp³-hybridized carbons (Fsp3) is 0.231. The molecule has 3 rings (SSSR count). The van der Waals surface area contributed by atoms with Gasteiger partial charge in [0.1, 0.15) is 24.0 Å². The van der Waals surface area contributed by atoms with Crippen LogP contribution in [0, 0.1) is 11.6 Å². The van der Waals surface area contributed by atoms with Gasteiger partial charge in [-0.15, -0.1) is 0 Å². The molecule has 0 aliphatic rings. The van der Waals surface area contributed by atoms with E-state index in [2.05, 4.69) is 35.7 Å². The third kappa shape index (κ3) is 7.23. The van der Waals surface area contributed by atoms with Crippen LogP contribution < -0.4 is 5.32 Å². The van der Waals surface area contributed by atoms with E-state index in [0.717, 1.165) is 12.1 Å². The monoisotopic (exact) mass is 475 g/mol. The van der Waals surface area contributed by atoms with Gasteiger partial charge in [0.25, 0.3) is 0 Å². The molecule has 0 bridgehead atoms. The number of rotatable bonds is 6. The van der Waals surface area contributed by atoms with E-state index >= 15 is 0 Å². The lowest BCUT2D eigenvalue weighted by Gasteiger charge is -2.14. The molecule has 0 atom stereocenters. The number of benzene rings is 2. The fourth-order valence-corrected chi connectivity index (χ4v) is 2.90. The number of halogens is 5. The molecule has 2 aromatic carbocycles. The zero-order valence-electron chi connectivity index (χ0n) is 19.2. The van der Waals surface area contributed by atoms with Crippen LogP contribution in [0.5, 0.6) is 0 Å². The summed E-state index contributed by atoms with van der Waals surface area (Å²) in [6.07, 6.45) is 3.46. The van der Waals surface area contributed by atoms with Crippen LogP contribution in [-0.4, -0.2) is 22.7 Å². The van der Waals surface area contributed by atoms with Crippen LogP contribution in [0.4, 0.5) is 27.8 Å². The second kappa shape index (κ2) is 12.1. The number of nitrogens with zero attached hydrogens (tertiary/aromatic N) is 2. The van der Waals surface area contributed by atoms with Crippen molar-refractivity contribution in [3.63, 3.8) is 0 Å². The number of hydrogen-bond donors (Lipinski definition) is 1. The first-order valence-corrected chi connectivity index (χ1v) is 10.7. The van der Waals surface area contributed by atoms with Crippen molar-refractivity contribution >= 4 is 22.3 Å². The van der Waals surface area contributed by atoms with E-state index in [9.17, 15) is 22.0 Å². The van der Waals surface area contributed by atoms with Gasteiger partial charge in [0.2, 0.25) is 0 Å². The molecule has 0 spiro atoms. The molecule has 0 aliphatic carbocycles. The average Bonchev–Trinajstić information content (AvgIpc) is 2.78. The molecule has 3 nitrogen and oxygen atoms in total. The fourth-order valence-electron chi connectivity index (χ4n) is 2.90. The minimum Gasteiger partial charge on any atom is -0.361 e. The number of fused-ring (bicyclic) bond motifs is 1. The Morgan fingerprint density at radius 3 is 2.35 bits per heavy atom. The highest BCUT2D eigenvalue weighted by Crippen LogP contribution is 2.31. The van der Waals surface area contributed by atoms with Crippen molar-refractivity contribution in [3.8, 4) is 11.1 Å². The smallest absolute Gasteiger partial charge is 0.361 e. The van der Waals surface area contributed by atoms with Gasteiger partial charge in [-0.25, -0.2) is 18.7 Å². The number of anilines is 1. The third-order valence-electron chi connectivity index (χ3n) is 4.34. The zero-order valence-corrected chi connectivity index (χ0v) is 19.2. The van der Waals surface area contributed by atoms with E-state index in [1.54, 1.807) is 30.4 Å². The molecule has 180 valence electrons. The molecular formula is C26H26F5N3. The Balaban J connectivity index is 0.00000129. The van der Waals surface area contributed by atoms with E-state index in [4.69, 9.17) is 0 Å². The lowest BCUT2D eigenvalue weighted by atomic mass is 10.0. The predicted octanol–water partition coefficient (Wildman–Crippen LogP) is 8.11. The largest absolute Gasteiger partial charge is 0.405 e. The van der Waals surface area contributed by atoms with Crippen molar-refractivity contribution in [2.75, 3.05) is 11.9 Å². The highest BCUT2D eigenvalue weighted by Gasteiger charge is 2.27. The number of nitrogens with one attached hydrogen (secondary N) is 1. The third-order valence-corrected chi connectivity index (χ3v) is 4.34. The lowest BCUT2D eigenvalue weighted by molar-refractivity contribution is -0.115. The average molecular weight is 476 g/mol. The van der Waals surface area contributed by atoms with Crippen molar-refractivity contribution < 1.29 is 22.0 Å². The van der Waals surface area contributed by atoms with E-state index in [1.807, 2.05) is 6.92 Å². The molecule has 0 radical (unpaired) electrons. The molecule has 0 fully saturated rings. The highest BCUT2D eigenvalue weighted by atomic mass is 19.4. The molecule has 0 amide bonds. The number of alkyl halides is 3. The van der Waals surface area contributed by atoms with Crippen LogP contribution in [0.15, 0.2) is 67.3 Å². The summed E-state index contributed by atoms with van der Waals surface area (Å²) in [5.41, 5.74) is 1.33. The molecule has 3 aromatic rings. The molecule has 1 N–H and O–H groups in total. The zero-order chi connectivity index (χ0) is 25.3. The summed E-state index contributed by atoms with van der Waals surface area (Å²) in [6.45, 7) is 8.45. The summed E-state index contributed by atoms with van der Waals surface area (Å²) in [4.78, 5) is 8.67. The van der Waals surface area contributed by atoms with E-state index in [-0.39, 0.29) is 22.6 Å². The second-order valence-electron chi connectivity index (χ2n) is 7.28. The first-order chi connectivity index (χ1) is 16.1. The van der Waals surface area contributed by atoms with Crippen molar-refractivity contribution in [1.29, 1.82) is 0 Å². The van der Waals surface area contributed by atoms with Gasteiger partial charge in [0, 0.05) is 22.6 Å². The van der Waals surface area contributed by atoms with Crippen LogP contribution in [0.2, 0.25) is 0 Å². The Morgan fingerprint density at radius 1 is 1.06 bits per heavy atom. The maximum Gasteiger partial charge on any atom is 0.405 e. The van der Waals surface area contributed by atoms with Crippen molar-refractivity contribution in [2.45, 2.75) is 33.4 Å². The summed E-state index contributed by atoms with van der Waals surface area (Å²) in [7, 11) is 0. The normalized spacial score (nSPS) is 11.9. The maximum absolute atomic E-state index is 14.2. The van der Waals surface area contributed by atoms with E-state index in [0.29, 0.717) is 16.7 Å². The van der Waals surface area contributed by atoms with Crippen LogP contribution in [0.1, 0.15) is 33.0 Å². The summed E-state index contributed by atoms with van der Waals surface area (Å²) < 4.78 is 66.0. The predicted molar refractivity (Wildman–Crippen MR) is 128 cm³/mol. The second-order valence-corrected chi connectivity index (χ2v) is 7.28. The van der Waals surface area contributed by atoms with Crippen LogP contribution in [-0.2, 0) is 0 Å². The van der Waals surface area contributed by atoms with Crippen LogP contribution in [0.3, 0.4) is 0 Å². The minimum atomic E-state index is -4.47. The topological polar surface area (TPSA) is 37.8 Å². The van der Waals surface area contributed by atoms with Gasteiger partial charge in [-0.1, -0.05) is 57.2 Å². The number of aromatic nitrogens is 2. The molecule has 34 heavy (non-hydrogen) atoms. The minimum absolute atomic E-state index is 0.0603. The Hall–Kier alpha value is -3.55. The van der Waals surface area contributed by atoms with Gasteiger partial charge in [-0.05, 0) is 36.8 Å². The van der Waals surface area contributed by atoms with Crippen molar-refractivity contribution in [2.24, 2.45) is 0 Å². The van der Waals surface area contributed by atoms with Gasteiger partial charge in [-0.3, -0.25) is 0 Å². The molecule has 0 saturated heterocycles. The molecule has 0 aliphatic heterocycles. The van der Waals surface area contributed by atoms with Crippen LogP contribution >= 0.6 is 0 Å². The number of allylic oxidation sites excluding steroid dienone is 5. The molecule has 8 heteroatoms. The maximum atomic E-state index is 14.2. The first-order valence-electron chi connectivity index (χ1n) is 10.7. The molecule has 1 aromatic heterocycles. The van der Waals surface area contributed by atoms with E-state index < -0.39 is 24.4 Å². The van der Waals surface area contributed by atoms with Gasteiger partial charge in [-0.2, -0.15) is 13.2 Å². The molecule has 0 unspecified atom stereocenters. The summed E-state index contributed by atoms with van der Waals surface area (Å²) >= 11 is 0. The summed E-state index contributed by atoms with van der Waals surface area (Å²) in [5.74, 6) is -1.39. The lowest BCUT2D eigenvalue weighted by Crippen LogP contribution is -2.22. The van der Waals surface area contributed by atoms with Crippen molar-refractivity contribution in [1.82, 2.24) is 9.97 Å². The Labute approximate surface area is 195 Å². The van der Waals surface area contributed by atoms with Gasteiger partial charge < -0.3 is 5.32 Å². The summed E-state index contributed by atoms with van der Waals surface area (Å²) in [6, 6.07) is 7.69. The Bertz CT molecular complexity index is 1200. The quantitative estimate of drug-likeness (QED) is 0.289. The van der Waals surface area contributed by atoms with Crippen LogP contribution in [0.25, 0.3) is 27.6 Å². The number of hydrogen-bond acceptors (Lipinski definition) is 3. The van der Waals surface area contributed by atoms with Gasteiger partial charge in [0.05, 0.1) is 5.52 Å². The Morgan fingerprint density at radius 2 is 1.76 bits per heavy atom. The van der Waals surface area contributed by atoms with Crippen molar-refractivity contribution in [3.05, 3.63) is 84.7 Å². The SMILES string of the molecule is C=C/C(=C\C=C/C)c1nc(NCC(F)(F)F)c2cc(-c3ccc(F)cc3F)ccc2n1.CCC. The molecule has 1 heterocycles. The van der Waals surface area contributed by atoms with E-state index in [1.165, 1.54) is 24.6 Å². The molecule has 0 saturated carbocycles. The van der Waals surface area contributed by atoms with Gasteiger partial charge in [0.15, 0.2) is 5.82 Å². The van der Waals surface area contributed by atoms with Gasteiger partial charge >= 0.3 is 6.18 Å². The first kappa shape index (κ1) is 26.7. The highest BCUT2D eigenvalue weighted by molar-refractivity contribution is 5.94. The molecular weight excluding hydrogens is 449 g/mol. The standard InChI is InChI=1S/C23H18F5N3.C3H8/c1-3-5-6-14(4-2)21-30-20-10-7-15(17-9-8-16(24)12-19(17)25)11-18(20)22(31-21)29-13-23(26,27)28;1-3-2/h3-12H,2,13H2,1H3,(H,29,30,31);3H2,1-2H3/b5-3-,14-6+;.